The number of nitrogens with zero attached hydrogens (tertiary/aromatic N) is 5. The summed E-state index contributed by atoms with van der Waals surface area (Å²) in [4.78, 5) is 36.6. The minimum atomic E-state index is -1.01. The van der Waals surface area contributed by atoms with Crippen molar-refractivity contribution in [1.29, 1.82) is 0 Å². The van der Waals surface area contributed by atoms with Gasteiger partial charge in [-0.2, -0.15) is 0 Å². The molecule has 3 heterocycles. The number of hydrogen-bond donors (Lipinski definition) is 3. The van der Waals surface area contributed by atoms with Crippen LogP contribution in [0.15, 0.2) is 12.7 Å². The molecule has 0 saturated carbocycles. The summed E-state index contributed by atoms with van der Waals surface area (Å²) in [5, 5.41) is 18.0. The smallest absolute Gasteiger partial charge is 0.306 e. The lowest BCUT2D eigenvalue weighted by Crippen LogP contribution is -2.37. The van der Waals surface area contributed by atoms with Gasteiger partial charge < -0.3 is 20.8 Å². The molecule has 1 aliphatic rings. The molecule has 1 atom stereocenters. The van der Waals surface area contributed by atoms with Gasteiger partial charge in [-0.05, 0) is 12.8 Å². The zero-order valence-corrected chi connectivity index (χ0v) is 12.9. The second-order valence-electron chi connectivity index (χ2n) is 5.79. The standard InChI is InChI=1S/C14H18N6O4/c15-9(5-10(21)22)20-7-18-11-12(16-6-17-13(11)20)19-3-1-8(2-4-19)14(23)24/h6-9H,1-5,15H2,(H,21,22)(H,23,24). The van der Waals surface area contributed by atoms with Crippen LogP contribution in [0, 0.1) is 5.92 Å². The number of carbonyl (C=O) groups is 2. The molecule has 128 valence electrons. The van der Waals surface area contributed by atoms with Crippen LogP contribution in [0.5, 0.6) is 0 Å². The highest BCUT2D eigenvalue weighted by atomic mass is 16.4. The minimum Gasteiger partial charge on any atom is -0.481 e. The number of imidazole rings is 1. The van der Waals surface area contributed by atoms with Gasteiger partial charge >= 0.3 is 11.9 Å². The normalized spacial score (nSPS) is 17.1. The van der Waals surface area contributed by atoms with Crippen LogP contribution in [0.1, 0.15) is 25.4 Å². The number of carboxylic acids is 2. The summed E-state index contributed by atoms with van der Waals surface area (Å²) in [6.07, 6.45) is 2.91. The van der Waals surface area contributed by atoms with Crippen LogP contribution in [-0.2, 0) is 9.59 Å². The third-order valence-electron chi connectivity index (χ3n) is 4.22. The summed E-state index contributed by atoms with van der Waals surface area (Å²) in [6.45, 7) is 1.13. The predicted octanol–water partition coefficient (Wildman–Crippen LogP) is 0.0593. The first-order valence-corrected chi connectivity index (χ1v) is 7.60. The number of aliphatic carboxylic acids is 2. The topological polar surface area (TPSA) is 147 Å². The zero-order chi connectivity index (χ0) is 17.3. The summed E-state index contributed by atoms with van der Waals surface area (Å²) in [6, 6.07) is 0. The van der Waals surface area contributed by atoms with E-state index in [-0.39, 0.29) is 12.3 Å². The molecule has 4 N–H and O–H groups in total. The van der Waals surface area contributed by atoms with E-state index >= 15 is 0 Å². The molecule has 0 aromatic carbocycles. The Kier molecular flexibility index (Phi) is 4.30. The van der Waals surface area contributed by atoms with Crippen LogP contribution in [0.2, 0.25) is 0 Å². The highest BCUT2D eigenvalue weighted by Gasteiger charge is 2.27. The fourth-order valence-corrected chi connectivity index (χ4v) is 2.93. The molecule has 1 aliphatic heterocycles. The predicted molar refractivity (Wildman–Crippen MR) is 83.4 cm³/mol. The Balaban J connectivity index is 1.87. The lowest BCUT2D eigenvalue weighted by Gasteiger charge is -2.30. The molecule has 2 aromatic rings. The van der Waals surface area contributed by atoms with Gasteiger partial charge in [0.15, 0.2) is 17.0 Å². The lowest BCUT2D eigenvalue weighted by molar-refractivity contribution is -0.142. The molecule has 3 rings (SSSR count). The first-order valence-electron chi connectivity index (χ1n) is 7.60. The van der Waals surface area contributed by atoms with Gasteiger partial charge in [0.05, 0.1) is 24.8 Å². The molecule has 2 aromatic heterocycles. The summed E-state index contributed by atoms with van der Waals surface area (Å²) in [5.41, 5.74) is 6.89. The number of aromatic nitrogens is 4. The lowest BCUT2D eigenvalue weighted by atomic mass is 9.97. The average molecular weight is 334 g/mol. The van der Waals surface area contributed by atoms with Crippen LogP contribution in [0.3, 0.4) is 0 Å². The Morgan fingerprint density at radius 2 is 1.96 bits per heavy atom. The van der Waals surface area contributed by atoms with Gasteiger partial charge in [-0.25, -0.2) is 15.0 Å². The highest BCUT2D eigenvalue weighted by molar-refractivity contribution is 5.83. The molecular weight excluding hydrogens is 316 g/mol. The van der Waals surface area contributed by atoms with E-state index in [2.05, 4.69) is 15.0 Å². The molecule has 10 heteroatoms. The van der Waals surface area contributed by atoms with Crippen LogP contribution in [-0.4, -0.2) is 54.8 Å². The van der Waals surface area contributed by atoms with Crippen LogP contribution in [0.4, 0.5) is 5.82 Å². The maximum atomic E-state index is 11.1. The van der Waals surface area contributed by atoms with Gasteiger partial charge in [-0.15, -0.1) is 0 Å². The average Bonchev–Trinajstić information content (AvgIpc) is 2.98. The van der Waals surface area contributed by atoms with Crippen molar-refractivity contribution in [3.8, 4) is 0 Å². The Bertz CT molecular complexity index is 768. The molecule has 1 unspecified atom stereocenters. The van der Waals surface area contributed by atoms with Crippen molar-refractivity contribution in [1.82, 2.24) is 19.5 Å². The van der Waals surface area contributed by atoms with E-state index in [1.165, 1.54) is 17.2 Å². The van der Waals surface area contributed by atoms with E-state index < -0.39 is 18.1 Å². The molecule has 10 nitrogen and oxygen atoms in total. The molecular formula is C14H18N6O4. The van der Waals surface area contributed by atoms with E-state index in [9.17, 15) is 9.59 Å². The van der Waals surface area contributed by atoms with E-state index in [0.717, 1.165) is 0 Å². The Hall–Kier alpha value is -2.75. The third-order valence-corrected chi connectivity index (χ3v) is 4.22. The number of anilines is 1. The second kappa shape index (κ2) is 6.40. The van der Waals surface area contributed by atoms with E-state index in [1.807, 2.05) is 4.90 Å². The van der Waals surface area contributed by atoms with Crippen molar-refractivity contribution in [3.63, 3.8) is 0 Å². The van der Waals surface area contributed by atoms with Crippen molar-refractivity contribution in [3.05, 3.63) is 12.7 Å². The summed E-state index contributed by atoms with van der Waals surface area (Å²) in [7, 11) is 0. The largest absolute Gasteiger partial charge is 0.481 e. The van der Waals surface area contributed by atoms with Crippen molar-refractivity contribution < 1.29 is 19.8 Å². The molecule has 1 saturated heterocycles. The molecule has 0 radical (unpaired) electrons. The number of rotatable bonds is 5. The van der Waals surface area contributed by atoms with Gasteiger partial charge in [-0.3, -0.25) is 14.2 Å². The molecule has 24 heavy (non-hydrogen) atoms. The summed E-state index contributed by atoms with van der Waals surface area (Å²) < 4.78 is 1.51. The van der Waals surface area contributed by atoms with Gasteiger partial charge in [0.2, 0.25) is 0 Å². The second-order valence-corrected chi connectivity index (χ2v) is 5.79. The molecule has 0 amide bonds. The summed E-state index contributed by atoms with van der Waals surface area (Å²) >= 11 is 0. The van der Waals surface area contributed by atoms with E-state index in [0.29, 0.717) is 42.9 Å². The zero-order valence-electron chi connectivity index (χ0n) is 12.9. The maximum absolute atomic E-state index is 11.1. The Labute approximate surface area is 136 Å². The van der Waals surface area contributed by atoms with Gasteiger partial charge in [0.25, 0.3) is 0 Å². The van der Waals surface area contributed by atoms with Gasteiger partial charge in [0, 0.05) is 13.1 Å². The number of hydrogen-bond acceptors (Lipinski definition) is 7. The third kappa shape index (κ3) is 3.00. The fraction of sp³-hybridized carbons (Fsp3) is 0.500. The quantitative estimate of drug-likeness (QED) is 0.690. The van der Waals surface area contributed by atoms with Crippen molar-refractivity contribution >= 4 is 28.9 Å². The highest BCUT2D eigenvalue weighted by Crippen LogP contribution is 2.27. The first-order chi connectivity index (χ1) is 11.5. The maximum Gasteiger partial charge on any atom is 0.306 e. The number of nitrogens with two attached hydrogens (primary N) is 1. The van der Waals surface area contributed by atoms with E-state index in [4.69, 9.17) is 15.9 Å². The minimum absolute atomic E-state index is 0.241. The van der Waals surface area contributed by atoms with E-state index in [1.54, 1.807) is 0 Å². The Morgan fingerprint density at radius 3 is 2.58 bits per heavy atom. The molecule has 0 bridgehead atoms. The van der Waals surface area contributed by atoms with Crippen LogP contribution >= 0.6 is 0 Å². The first kappa shape index (κ1) is 16.1. The van der Waals surface area contributed by atoms with Crippen molar-refractivity contribution in [2.75, 3.05) is 18.0 Å². The van der Waals surface area contributed by atoms with Crippen molar-refractivity contribution in [2.45, 2.75) is 25.4 Å². The monoisotopic (exact) mass is 334 g/mol. The summed E-state index contributed by atoms with van der Waals surface area (Å²) in [5.74, 6) is -1.49. The molecule has 0 aliphatic carbocycles. The van der Waals surface area contributed by atoms with Gasteiger partial charge in [0.1, 0.15) is 6.33 Å². The van der Waals surface area contributed by atoms with Gasteiger partial charge in [-0.1, -0.05) is 0 Å². The number of piperidine rings is 1. The van der Waals surface area contributed by atoms with Crippen LogP contribution in [0.25, 0.3) is 11.2 Å². The molecule has 0 spiro atoms. The molecule has 1 fully saturated rings. The number of carboxylic acid groups (broad SMARTS) is 2. The van der Waals surface area contributed by atoms with Crippen molar-refractivity contribution in [2.24, 2.45) is 11.7 Å². The Morgan fingerprint density at radius 1 is 1.25 bits per heavy atom. The fourth-order valence-electron chi connectivity index (χ4n) is 2.93. The number of fused-ring (bicyclic) bond motifs is 1. The SMILES string of the molecule is NC(CC(=O)O)n1cnc2c(N3CCC(C(=O)O)CC3)ncnc21. The van der Waals surface area contributed by atoms with Crippen LogP contribution < -0.4 is 10.6 Å².